The molecule has 1 aromatic rings. The monoisotopic (exact) mass is 260 g/mol. The molecule has 0 saturated heterocycles. The zero-order chi connectivity index (χ0) is 13.8. The molecular formula is C14H16N2O3. The highest BCUT2D eigenvalue weighted by Gasteiger charge is 2.14. The lowest BCUT2D eigenvalue weighted by Crippen LogP contribution is -2.36. The van der Waals surface area contributed by atoms with Crippen molar-refractivity contribution in [3.05, 3.63) is 41.5 Å². The highest BCUT2D eigenvalue weighted by Crippen LogP contribution is 2.16. The number of rotatable bonds is 3. The summed E-state index contributed by atoms with van der Waals surface area (Å²) in [7, 11) is 0. The summed E-state index contributed by atoms with van der Waals surface area (Å²) in [5.41, 5.74) is 1.34. The molecule has 0 bridgehead atoms. The van der Waals surface area contributed by atoms with Gasteiger partial charge in [0.05, 0.1) is 5.56 Å². The molecule has 0 aliphatic heterocycles. The normalized spacial score (nSPS) is 14.4. The van der Waals surface area contributed by atoms with Crippen LogP contribution in [-0.4, -0.2) is 23.1 Å². The smallest absolute Gasteiger partial charge is 0.336 e. The van der Waals surface area contributed by atoms with Gasteiger partial charge in [0, 0.05) is 11.7 Å². The predicted molar refractivity (Wildman–Crippen MR) is 72.5 cm³/mol. The first-order valence-corrected chi connectivity index (χ1v) is 6.12. The molecule has 0 fully saturated rings. The number of nitrogens with one attached hydrogen (secondary N) is 2. The summed E-state index contributed by atoms with van der Waals surface area (Å²) >= 11 is 0. The molecule has 2 rings (SSSR count). The molecule has 0 spiro atoms. The lowest BCUT2D eigenvalue weighted by molar-refractivity contribution is 0.0696. The Hall–Kier alpha value is -2.30. The van der Waals surface area contributed by atoms with Gasteiger partial charge in [-0.05, 0) is 37.5 Å². The van der Waals surface area contributed by atoms with Gasteiger partial charge < -0.3 is 15.7 Å². The van der Waals surface area contributed by atoms with Gasteiger partial charge in [0.15, 0.2) is 0 Å². The van der Waals surface area contributed by atoms with Crippen molar-refractivity contribution in [3.63, 3.8) is 0 Å². The van der Waals surface area contributed by atoms with Crippen molar-refractivity contribution in [3.8, 4) is 0 Å². The fourth-order valence-electron chi connectivity index (χ4n) is 2.02. The van der Waals surface area contributed by atoms with Crippen LogP contribution in [0.4, 0.5) is 10.5 Å². The predicted octanol–water partition coefficient (Wildman–Crippen LogP) is 2.53. The van der Waals surface area contributed by atoms with E-state index in [1.807, 2.05) is 12.2 Å². The lowest BCUT2D eigenvalue weighted by atomic mass is 10.1. The number of hydrogen-bond acceptors (Lipinski definition) is 2. The highest BCUT2D eigenvalue weighted by atomic mass is 16.4. The Balaban J connectivity index is 2.00. The van der Waals surface area contributed by atoms with Crippen LogP contribution < -0.4 is 10.6 Å². The van der Waals surface area contributed by atoms with Gasteiger partial charge >= 0.3 is 12.0 Å². The number of carboxylic acid groups (broad SMARTS) is 1. The standard InChI is InChI=1S/C14H16N2O3/c1-9-6-7-11(8-12(9)13(17)18)16-14(19)15-10-4-2-3-5-10/h2-3,6-8,10H,4-5H2,1H3,(H,17,18)(H2,15,16,19). The van der Waals surface area contributed by atoms with Gasteiger partial charge in [-0.2, -0.15) is 0 Å². The molecular weight excluding hydrogens is 244 g/mol. The van der Waals surface area contributed by atoms with Gasteiger partial charge in [-0.1, -0.05) is 18.2 Å². The Kier molecular flexibility index (Phi) is 3.85. The van der Waals surface area contributed by atoms with Crippen LogP contribution in [0.15, 0.2) is 30.4 Å². The van der Waals surface area contributed by atoms with Crippen molar-refractivity contribution in [1.29, 1.82) is 0 Å². The third kappa shape index (κ3) is 3.34. The quantitative estimate of drug-likeness (QED) is 0.731. The summed E-state index contributed by atoms with van der Waals surface area (Å²) in [6, 6.07) is 4.65. The van der Waals surface area contributed by atoms with E-state index in [1.54, 1.807) is 19.1 Å². The SMILES string of the molecule is Cc1ccc(NC(=O)NC2CC=CC2)cc1C(=O)O. The minimum atomic E-state index is -0.999. The second kappa shape index (κ2) is 5.56. The number of urea groups is 1. The maximum atomic E-state index is 11.7. The van der Waals surface area contributed by atoms with Gasteiger partial charge in [-0.3, -0.25) is 0 Å². The Labute approximate surface area is 111 Å². The average Bonchev–Trinajstić information content (AvgIpc) is 2.84. The Morgan fingerprint density at radius 3 is 2.58 bits per heavy atom. The number of aryl methyl sites for hydroxylation is 1. The van der Waals surface area contributed by atoms with Crippen molar-refractivity contribution >= 4 is 17.7 Å². The van der Waals surface area contributed by atoms with E-state index in [2.05, 4.69) is 10.6 Å². The zero-order valence-electron chi connectivity index (χ0n) is 10.6. The number of carbonyl (C=O) groups excluding carboxylic acids is 1. The molecule has 1 aliphatic carbocycles. The molecule has 0 saturated carbocycles. The first-order chi connectivity index (χ1) is 9.06. The minimum Gasteiger partial charge on any atom is -0.478 e. The second-order valence-electron chi connectivity index (χ2n) is 4.57. The molecule has 0 radical (unpaired) electrons. The third-order valence-corrected chi connectivity index (χ3v) is 3.07. The third-order valence-electron chi connectivity index (χ3n) is 3.07. The number of hydrogen-bond donors (Lipinski definition) is 3. The molecule has 3 N–H and O–H groups in total. The van der Waals surface area contributed by atoms with E-state index in [1.165, 1.54) is 6.07 Å². The molecule has 1 aliphatic rings. The highest BCUT2D eigenvalue weighted by molar-refractivity contribution is 5.94. The average molecular weight is 260 g/mol. The summed E-state index contributed by atoms with van der Waals surface area (Å²) in [6.07, 6.45) is 5.72. The molecule has 0 aromatic heterocycles. The maximum absolute atomic E-state index is 11.7. The number of benzene rings is 1. The number of anilines is 1. The van der Waals surface area contributed by atoms with Crippen molar-refractivity contribution in [2.75, 3.05) is 5.32 Å². The van der Waals surface area contributed by atoms with Crippen molar-refractivity contribution < 1.29 is 14.7 Å². The van der Waals surface area contributed by atoms with Gasteiger partial charge in [0.2, 0.25) is 0 Å². The van der Waals surface area contributed by atoms with Crippen LogP contribution in [-0.2, 0) is 0 Å². The zero-order valence-corrected chi connectivity index (χ0v) is 10.6. The van der Waals surface area contributed by atoms with Crippen molar-refractivity contribution in [1.82, 2.24) is 5.32 Å². The Morgan fingerprint density at radius 2 is 1.95 bits per heavy atom. The maximum Gasteiger partial charge on any atom is 0.336 e. The number of carbonyl (C=O) groups is 2. The molecule has 1 aromatic carbocycles. The van der Waals surface area contributed by atoms with E-state index in [0.717, 1.165) is 12.8 Å². The van der Waals surface area contributed by atoms with E-state index in [4.69, 9.17) is 5.11 Å². The van der Waals surface area contributed by atoms with Crippen LogP contribution in [0, 0.1) is 6.92 Å². The van der Waals surface area contributed by atoms with E-state index < -0.39 is 5.97 Å². The van der Waals surface area contributed by atoms with Crippen LogP contribution in [0.2, 0.25) is 0 Å². The van der Waals surface area contributed by atoms with Crippen LogP contribution in [0.1, 0.15) is 28.8 Å². The number of aromatic carboxylic acids is 1. The van der Waals surface area contributed by atoms with Gasteiger partial charge in [-0.25, -0.2) is 9.59 Å². The molecule has 0 heterocycles. The molecule has 2 amide bonds. The first kappa shape index (κ1) is 13.1. The number of carboxylic acids is 1. The summed E-state index contributed by atoms with van der Waals surface area (Å²) < 4.78 is 0. The van der Waals surface area contributed by atoms with Gasteiger partial charge in [0.1, 0.15) is 0 Å². The molecule has 5 nitrogen and oxygen atoms in total. The largest absolute Gasteiger partial charge is 0.478 e. The van der Waals surface area contributed by atoms with E-state index in [9.17, 15) is 9.59 Å². The number of amides is 2. The summed E-state index contributed by atoms with van der Waals surface area (Å²) in [5, 5.41) is 14.5. The molecule has 0 atom stereocenters. The van der Waals surface area contributed by atoms with Crippen LogP contribution in [0.3, 0.4) is 0 Å². The summed E-state index contributed by atoms with van der Waals surface area (Å²) in [5.74, 6) is -0.999. The molecule has 0 unspecified atom stereocenters. The first-order valence-electron chi connectivity index (χ1n) is 6.12. The summed E-state index contributed by atoms with van der Waals surface area (Å²) in [6.45, 7) is 1.72. The van der Waals surface area contributed by atoms with Crippen LogP contribution >= 0.6 is 0 Å². The van der Waals surface area contributed by atoms with Crippen molar-refractivity contribution in [2.24, 2.45) is 0 Å². The van der Waals surface area contributed by atoms with Crippen LogP contribution in [0.25, 0.3) is 0 Å². The minimum absolute atomic E-state index is 0.129. The molecule has 5 heteroatoms. The van der Waals surface area contributed by atoms with Gasteiger partial charge in [0.25, 0.3) is 0 Å². The Bertz CT molecular complexity index is 529. The van der Waals surface area contributed by atoms with E-state index >= 15 is 0 Å². The van der Waals surface area contributed by atoms with E-state index in [0.29, 0.717) is 11.3 Å². The topological polar surface area (TPSA) is 78.4 Å². The van der Waals surface area contributed by atoms with E-state index in [-0.39, 0.29) is 17.6 Å². The fraction of sp³-hybridized carbons (Fsp3) is 0.286. The Morgan fingerprint density at radius 1 is 1.26 bits per heavy atom. The van der Waals surface area contributed by atoms with Crippen molar-refractivity contribution in [2.45, 2.75) is 25.8 Å². The molecule has 19 heavy (non-hydrogen) atoms. The lowest BCUT2D eigenvalue weighted by Gasteiger charge is -2.13. The summed E-state index contributed by atoms with van der Waals surface area (Å²) in [4.78, 5) is 22.7. The second-order valence-corrected chi connectivity index (χ2v) is 4.57. The van der Waals surface area contributed by atoms with Crippen LogP contribution in [0.5, 0.6) is 0 Å². The molecule has 100 valence electrons. The van der Waals surface area contributed by atoms with Gasteiger partial charge in [-0.15, -0.1) is 0 Å². The fourth-order valence-corrected chi connectivity index (χ4v) is 2.02.